The van der Waals surface area contributed by atoms with Crippen LogP contribution in [-0.4, -0.2) is 30.9 Å². The summed E-state index contributed by atoms with van der Waals surface area (Å²) in [6.07, 6.45) is 15.7. The van der Waals surface area contributed by atoms with Gasteiger partial charge in [0.25, 0.3) is 10.1 Å². The van der Waals surface area contributed by atoms with Crippen molar-refractivity contribution in [2.75, 3.05) is 5.75 Å². The molecule has 5 heteroatoms. The van der Waals surface area contributed by atoms with Crippen LogP contribution >= 0.6 is 0 Å². The Morgan fingerprint density at radius 2 is 1.21 bits per heavy atom. The molecule has 0 aromatic carbocycles. The fourth-order valence-corrected chi connectivity index (χ4v) is 3.74. The lowest BCUT2D eigenvalue weighted by Crippen LogP contribution is -2.26. The predicted molar refractivity (Wildman–Crippen MR) is 102 cm³/mol. The topological polar surface area (TPSA) is 63.6 Å². The molecule has 0 aliphatic carbocycles. The average Bonchev–Trinajstić information content (AvgIpc) is 2.46. The van der Waals surface area contributed by atoms with Crippen molar-refractivity contribution < 1.29 is 17.7 Å². The second kappa shape index (κ2) is 15.2. The number of ether oxygens (including phenoxy) is 1. The molecule has 1 unspecified atom stereocenters. The van der Waals surface area contributed by atoms with Crippen LogP contribution in [0.15, 0.2) is 0 Å². The Hall–Kier alpha value is -0.130. The highest BCUT2D eigenvalue weighted by Crippen LogP contribution is 2.15. The molecule has 0 rings (SSSR count). The van der Waals surface area contributed by atoms with E-state index in [1.165, 1.54) is 64.2 Å². The molecule has 0 saturated carbocycles. The van der Waals surface area contributed by atoms with Crippen molar-refractivity contribution in [3.05, 3.63) is 0 Å². The van der Waals surface area contributed by atoms with E-state index >= 15 is 0 Å². The maximum Gasteiger partial charge on any atom is 0.267 e. The lowest BCUT2D eigenvalue weighted by molar-refractivity contribution is 0.0143. The average molecular weight is 365 g/mol. The molecule has 0 fully saturated rings. The van der Waals surface area contributed by atoms with Gasteiger partial charge in [-0.1, -0.05) is 84.0 Å². The number of rotatable bonds is 17. The molecule has 0 heterocycles. The van der Waals surface area contributed by atoms with Crippen LogP contribution < -0.4 is 0 Å². The summed E-state index contributed by atoms with van der Waals surface area (Å²) < 4.78 is 36.6. The van der Waals surface area contributed by atoms with Crippen LogP contribution in [0.4, 0.5) is 0 Å². The standard InChI is InChI=1S/C19H40O4S/c1-4-5-6-7-8-9-10-11-12-13-14-15-16-19(23-18(2)3)17-24(20,21)22/h18-19H,4-17H2,1-3H3,(H,20,21,22). The maximum atomic E-state index is 11.0. The summed E-state index contributed by atoms with van der Waals surface area (Å²) in [5, 5.41) is 0. The molecule has 0 aromatic rings. The van der Waals surface area contributed by atoms with Crippen molar-refractivity contribution in [2.24, 2.45) is 0 Å². The Labute approximate surface area is 150 Å². The van der Waals surface area contributed by atoms with E-state index in [4.69, 9.17) is 9.29 Å². The molecule has 24 heavy (non-hydrogen) atoms. The van der Waals surface area contributed by atoms with Crippen molar-refractivity contribution in [2.45, 2.75) is 116 Å². The van der Waals surface area contributed by atoms with E-state index in [0.717, 1.165) is 12.8 Å². The van der Waals surface area contributed by atoms with Crippen LogP contribution in [0, 0.1) is 0 Å². The zero-order chi connectivity index (χ0) is 18.3. The SMILES string of the molecule is CCCCCCCCCCCCCCC(CS(=O)(=O)O)OC(C)C. The molecule has 1 atom stereocenters. The van der Waals surface area contributed by atoms with E-state index in [1.54, 1.807) is 0 Å². The quantitative estimate of drug-likeness (QED) is 0.263. The molecule has 0 radical (unpaired) electrons. The van der Waals surface area contributed by atoms with E-state index < -0.39 is 10.1 Å². The number of hydrogen-bond donors (Lipinski definition) is 1. The van der Waals surface area contributed by atoms with Crippen molar-refractivity contribution >= 4 is 10.1 Å². The third kappa shape index (κ3) is 18.2. The van der Waals surface area contributed by atoms with Gasteiger partial charge >= 0.3 is 0 Å². The Bertz CT molecular complexity index is 366. The first-order chi connectivity index (χ1) is 11.3. The summed E-state index contributed by atoms with van der Waals surface area (Å²) in [6.45, 7) is 6.03. The van der Waals surface area contributed by atoms with E-state index in [-0.39, 0.29) is 18.0 Å². The minimum Gasteiger partial charge on any atom is -0.374 e. The zero-order valence-corrected chi connectivity index (χ0v) is 17.0. The van der Waals surface area contributed by atoms with E-state index in [1.807, 2.05) is 13.8 Å². The molecule has 0 aliphatic heterocycles. The van der Waals surface area contributed by atoms with Crippen LogP contribution in [0.3, 0.4) is 0 Å². The first-order valence-electron chi connectivity index (χ1n) is 9.95. The van der Waals surface area contributed by atoms with Crippen molar-refractivity contribution in [3.8, 4) is 0 Å². The van der Waals surface area contributed by atoms with Gasteiger partial charge in [-0.25, -0.2) is 0 Å². The summed E-state index contributed by atoms with van der Waals surface area (Å²) in [6, 6.07) is 0. The van der Waals surface area contributed by atoms with Gasteiger partial charge < -0.3 is 4.74 Å². The number of hydrogen-bond acceptors (Lipinski definition) is 3. The van der Waals surface area contributed by atoms with E-state index in [2.05, 4.69) is 6.92 Å². The monoisotopic (exact) mass is 364 g/mol. The summed E-state index contributed by atoms with van der Waals surface area (Å²) in [7, 11) is -3.96. The van der Waals surface area contributed by atoms with Gasteiger partial charge in [-0.15, -0.1) is 0 Å². The van der Waals surface area contributed by atoms with Crippen LogP contribution in [0.25, 0.3) is 0 Å². The molecular formula is C19H40O4S. The van der Waals surface area contributed by atoms with E-state index in [9.17, 15) is 8.42 Å². The van der Waals surface area contributed by atoms with Crippen molar-refractivity contribution in [1.82, 2.24) is 0 Å². The normalized spacial score (nSPS) is 13.5. The van der Waals surface area contributed by atoms with Crippen LogP contribution in [-0.2, 0) is 14.9 Å². The highest BCUT2D eigenvalue weighted by atomic mass is 32.2. The van der Waals surface area contributed by atoms with Crippen molar-refractivity contribution in [3.63, 3.8) is 0 Å². The minimum atomic E-state index is -3.96. The first kappa shape index (κ1) is 23.9. The number of unbranched alkanes of at least 4 members (excludes halogenated alkanes) is 11. The highest BCUT2D eigenvalue weighted by Gasteiger charge is 2.18. The Morgan fingerprint density at radius 3 is 1.58 bits per heavy atom. The molecule has 0 spiro atoms. The lowest BCUT2D eigenvalue weighted by atomic mass is 10.0. The first-order valence-corrected chi connectivity index (χ1v) is 11.6. The largest absolute Gasteiger partial charge is 0.374 e. The van der Waals surface area contributed by atoms with Gasteiger partial charge in [0, 0.05) is 0 Å². The highest BCUT2D eigenvalue weighted by molar-refractivity contribution is 7.85. The smallest absolute Gasteiger partial charge is 0.267 e. The molecule has 146 valence electrons. The fraction of sp³-hybridized carbons (Fsp3) is 1.00. The fourth-order valence-electron chi connectivity index (χ4n) is 3.02. The molecular weight excluding hydrogens is 324 g/mol. The molecule has 0 aromatic heterocycles. The van der Waals surface area contributed by atoms with Gasteiger partial charge in [-0.05, 0) is 20.3 Å². The maximum absolute atomic E-state index is 11.0. The van der Waals surface area contributed by atoms with Crippen LogP contribution in [0.2, 0.25) is 0 Å². The second-order valence-electron chi connectivity index (χ2n) is 7.23. The second-order valence-corrected chi connectivity index (χ2v) is 8.73. The van der Waals surface area contributed by atoms with Gasteiger partial charge in [0.1, 0.15) is 5.75 Å². The van der Waals surface area contributed by atoms with Gasteiger partial charge in [-0.3, -0.25) is 4.55 Å². The Balaban J connectivity index is 3.54. The predicted octanol–water partition coefficient (Wildman–Crippen LogP) is 5.76. The molecule has 0 bridgehead atoms. The molecule has 1 N–H and O–H groups in total. The van der Waals surface area contributed by atoms with Crippen LogP contribution in [0.1, 0.15) is 104 Å². The van der Waals surface area contributed by atoms with Gasteiger partial charge in [0.15, 0.2) is 0 Å². The Kier molecular flexibility index (Phi) is 15.1. The molecule has 0 aliphatic rings. The zero-order valence-electron chi connectivity index (χ0n) is 16.1. The summed E-state index contributed by atoms with van der Waals surface area (Å²) in [5.41, 5.74) is 0. The van der Waals surface area contributed by atoms with Gasteiger partial charge in [0.05, 0.1) is 12.2 Å². The third-order valence-corrected chi connectivity index (χ3v) is 5.03. The van der Waals surface area contributed by atoms with E-state index in [0.29, 0.717) is 6.42 Å². The third-order valence-electron chi connectivity index (χ3n) is 4.24. The minimum absolute atomic E-state index is 0.0194. The molecule has 0 amide bonds. The van der Waals surface area contributed by atoms with Crippen LogP contribution in [0.5, 0.6) is 0 Å². The lowest BCUT2D eigenvalue weighted by Gasteiger charge is -2.19. The molecule has 0 saturated heterocycles. The Morgan fingerprint density at radius 1 is 0.792 bits per heavy atom. The van der Waals surface area contributed by atoms with Crippen molar-refractivity contribution in [1.29, 1.82) is 0 Å². The van der Waals surface area contributed by atoms with Gasteiger partial charge in [-0.2, -0.15) is 8.42 Å². The summed E-state index contributed by atoms with van der Waals surface area (Å²) in [5.74, 6) is -0.288. The summed E-state index contributed by atoms with van der Waals surface area (Å²) >= 11 is 0. The summed E-state index contributed by atoms with van der Waals surface area (Å²) in [4.78, 5) is 0. The van der Waals surface area contributed by atoms with Gasteiger partial charge in [0.2, 0.25) is 0 Å². The molecule has 4 nitrogen and oxygen atoms in total.